The van der Waals surface area contributed by atoms with E-state index < -0.39 is 10.3 Å². The molecule has 7 heteroatoms. The third-order valence-electron chi connectivity index (χ3n) is 5.52. The van der Waals surface area contributed by atoms with E-state index in [9.17, 15) is 19.7 Å². The van der Waals surface area contributed by atoms with Gasteiger partial charge in [-0.2, -0.15) is 0 Å². The van der Waals surface area contributed by atoms with Crippen LogP contribution in [0, 0.1) is 17.0 Å². The van der Waals surface area contributed by atoms with Crippen molar-refractivity contribution in [3.8, 4) is 0 Å². The van der Waals surface area contributed by atoms with E-state index in [0.29, 0.717) is 37.3 Å². The molecule has 0 spiro atoms. The van der Waals surface area contributed by atoms with Crippen LogP contribution in [0.5, 0.6) is 0 Å². The molecule has 3 rings (SSSR count). The molecule has 152 valence electrons. The van der Waals surface area contributed by atoms with Crippen LogP contribution in [0.1, 0.15) is 35.3 Å². The maximum Gasteiger partial charge on any atom is 0.272 e. The SMILES string of the molecule is Cc1cc(C(=O)N2CCN(C(=O)C(C)(C)c3ccccc3)CC2)ccc1[N+](=O)[O-]. The number of amides is 2. The summed E-state index contributed by atoms with van der Waals surface area (Å²) in [4.78, 5) is 39.9. The minimum absolute atomic E-state index is 0.000101. The van der Waals surface area contributed by atoms with E-state index in [1.807, 2.05) is 44.2 Å². The summed E-state index contributed by atoms with van der Waals surface area (Å²) in [5.41, 5.74) is 1.21. The highest BCUT2D eigenvalue weighted by Gasteiger charge is 2.35. The Labute approximate surface area is 170 Å². The van der Waals surface area contributed by atoms with Crippen molar-refractivity contribution in [1.82, 2.24) is 9.80 Å². The molecule has 2 amide bonds. The molecular weight excluding hydrogens is 370 g/mol. The number of rotatable bonds is 4. The third-order valence-corrected chi connectivity index (χ3v) is 5.52. The Morgan fingerprint density at radius 3 is 2.10 bits per heavy atom. The second kappa shape index (κ2) is 8.03. The van der Waals surface area contributed by atoms with Gasteiger partial charge in [-0.15, -0.1) is 0 Å². The summed E-state index contributed by atoms with van der Waals surface area (Å²) >= 11 is 0. The lowest BCUT2D eigenvalue weighted by Gasteiger charge is -2.38. The molecule has 2 aromatic carbocycles. The van der Waals surface area contributed by atoms with Gasteiger partial charge in [-0.3, -0.25) is 19.7 Å². The highest BCUT2D eigenvalue weighted by Crippen LogP contribution is 2.26. The van der Waals surface area contributed by atoms with Crippen molar-refractivity contribution < 1.29 is 14.5 Å². The molecule has 1 heterocycles. The second-order valence-electron chi connectivity index (χ2n) is 7.83. The number of nitro benzene ring substituents is 1. The van der Waals surface area contributed by atoms with Crippen molar-refractivity contribution in [2.24, 2.45) is 0 Å². The van der Waals surface area contributed by atoms with Gasteiger partial charge in [0, 0.05) is 43.4 Å². The maximum atomic E-state index is 13.1. The highest BCUT2D eigenvalue weighted by molar-refractivity contribution is 5.95. The molecule has 0 aromatic heterocycles. The molecule has 2 aromatic rings. The Morgan fingerprint density at radius 1 is 0.966 bits per heavy atom. The summed E-state index contributed by atoms with van der Waals surface area (Å²) in [5, 5.41) is 11.0. The first kappa shape index (κ1) is 20.5. The molecule has 1 saturated heterocycles. The van der Waals surface area contributed by atoms with Crippen LogP contribution in [0.3, 0.4) is 0 Å². The lowest BCUT2D eigenvalue weighted by molar-refractivity contribution is -0.385. The van der Waals surface area contributed by atoms with Gasteiger partial charge >= 0.3 is 0 Å². The number of nitro groups is 1. The van der Waals surface area contributed by atoms with E-state index in [4.69, 9.17) is 0 Å². The number of benzene rings is 2. The maximum absolute atomic E-state index is 13.1. The molecule has 0 unspecified atom stereocenters. The molecule has 0 aliphatic carbocycles. The minimum atomic E-state index is -0.636. The largest absolute Gasteiger partial charge is 0.338 e. The van der Waals surface area contributed by atoms with Crippen molar-refractivity contribution in [2.45, 2.75) is 26.2 Å². The van der Waals surface area contributed by atoms with Crippen molar-refractivity contribution in [1.29, 1.82) is 0 Å². The van der Waals surface area contributed by atoms with Gasteiger partial charge in [0.2, 0.25) is 5.91 Å². The van der Waals surface area contributed by atoms with Gasteiger partial charge in [-0.05, 0) is 38.5 Å². The van der Waals surface area contributed by atoms with Crippen LogP contribution >= 0.6 is 0 Å². The van der Waals surface area contributed by atoms with Crippen LogP contribution in [-0.2, 0) is 10.2 Å². The average Bonchev–Trinajstić information content (AvgIpc) is 2.73. The zero-order valence-corrected chi connectivity index (χ0v) is 16.9. The predicted octanol–water partition coefficient (Wildman–Crippen LogP) is 3.17. The number of aryl methyl sites for hydroxylation is 1. The minimum Gasteiger partial charge on any atom is -0.338 e. The summed E-state index contributed by atoms with van der Waals surface area (Å²) in [7, 11) is 0. The van der Waals surface area contributed by atoms with Crippen molar-refractivity contribution in [3.63, 3.8) is 0 Å². The molecule has 29 heavy (non-hydrogen) atoms. The fourth-order valence-electron chi connectivity index (χ4n) is 3.66. The van der Waals surface area contributed by atoms with Gasteiger partial charge in [0.05, 0.1) is 10.3 Å². The Hall–Kier alpha value is -3.22. The molecule has 0 radical (unpaired) electrons. The van der Waals surface area contributed by atoms with Crippen molar-refractivity contribution >= 4 is 17.5 Å². The lowest BCUT2D eigenvalue weighted by Crippen LogP contribution is -2.54. The molecule has 0 N–H and O–H groups in total. The Balaban J connectivity index is 1.66. The normalized spacial score (nSPS) is 14.6. The number of hydrogen-bond donors (Lipinski definition) is 0. The third kappa shape index (κ3) is 4.13. The van der Waals surface area contributed by atoms with Crippen LogP contribution in [0.15, 0.2) is 48.5 Å². The van der Waals surface area contributed by atoms with Crippen LogP contribution in [0.2, 0.25) is 0 Å². The molecule has 0 saturated carbocycles. The Bertz CT molecular complexity index is 932. The number of nitrogens with zero attached hydrogens (tertiary/aromatic N) is 3. The first-order valence-electron chi connectivity index (χ1n) is 9.61. The predicted molar refractivity (Wildman–Crippen MR) is 110 cm³/mol. The Morgan fingerprint density at radius 2 is 1.55 bits per heavy atom. The van der Waals surface area contributed by atoms with E-state index in [1.165, 1.54) is 12.1 Å². The van der Waals surface area contributed by atoms with Crippen molar-refractivity contribution in [3.05, 3.63) is 75.3 Å². The van der Waals surface area contributed by atoms with Crippen LogP contribution in [0.25, 0.3) is 0 Å². The summed E-state index contributed by atoms with van der Waals surface area (Å²) in [5.74, 6) is -0.126. The molecule has 7 nitrogen and oxygen atoms in total. The molecular formula is C22H25N3O4. The summed E-state index contributed by atoms with van der Waals surface area (Å²) < 4.78 is 0. The first-order valence-corrected chi connectivity index (χ1v) is 9.61. The molecule has 1 aliphatic rings. The summed E-state index contributed by atoms with van der Waals surface area (Å²) in [6.07, 6.45) is 0. The first-order chi connectivity index (χ1) is 13.7. The van der Waals surface area contributed by atoms with E-state index in [-0.39, 0.29) is 17.5 Å². The van der Waals surface area contributed by atoms with E-state index in [2.05, 4.69) is 0 Å². The number of carbonyl (C=O) groups is 2. The van der Waals surface area contributed by atoms with Crippen LogP contribution in [-0.4, -0.2) is 52.7 Å². The van der Waals surface area contributed by atoms with Crippen LogP contribution < -0.4 is 0 Å². The fourth-order valence-corrected chi connectivity index (χ4v) is 3.66. The average molecular weight is 395 g/mol. The van der Waals surface area contributed by atoms with Crippen molar-refractivity contribution in [2.75, 3.05) is 26.2 Å². The number of piperazine rings is 1. The van der Waals surface area contributed by atoms with Gasteiger partial charge in [-0.25, -0.2) is 0 Å². The molecule has 0 bridgehead atoms. The highest BCUT2D eigenvalue weighted by atomic mass is 16.6. The van der Waals surface area contributed by atoms with E-state index in [1.54, 1.807) is 22.8 Å². The van der Waals surface area contributed by atoms with Gasteiger partial charge in [0.15, 0.2) is 0 Å². The smallest absolute Gasteiger partial charge is 0.272 e. The second-order valence-corrected chi connectivity index (χ2v) is 7.83. The van der Waals surface area contributed by atoms with Gasteiger partial charge in [0.1, 0.15) is 0 Å². The Kier molecular flexibility index (Phi) is 5.68. The zero-order valence-electron chi connectivity index (χ0n) is 16.9. The molecule has 1 aliphatic heterocycles. The van der Waals surface area contributed by atoms with Gasteiger partial charge < -0.3 is 9.80 Å². The molecule has 0 atom stereocenters. The number of hydrogen-bond acceptors (Lipinski definition) is 4. The van der Waals surface area contributed by atoms with E-state index in [0.717, 1.165) is 5.56 Å². The lowest BCUT2D eigenvalue weighted by atomic mass is 9.83. The standard InChI is InChI=1S/C22H25N3O4/c1-16-15-17(9-10-19(16)25(28)29)20(26)23-11-13-24(14-12-23)21(27)22(2,3)18-7-5-4-6-8-18/h4-10,15H,11-14H2,1-3H3. The summed E-state index contributed by atoms with van der Waals surface area (Å²) in [6, 6.07) is 14.1. The zero-order chi connectivity index (χ0) is 21.2. The summed E-state index contributed by atoms with van der Waals surface area (Å²) in [6.45, 7) is 7.26. The fraction of sp³-hybridized carbons (Fsp3) is 0.364. The monoisotopic (exact) mass is 395 g/mol. The topological polar surface area (TPSA) is 83.8 Å². The van der Waals surface area contributed by atoms with Gasteiger partial charge in [-0.1, -0.05) is 30.3 Å². The number of carbonyl (C=O) groups excluding carboxylic acids is 2. The quantitative estimate of drug-likeness (QED) is 0.588. The van der Waals surface area contributed by atoms with Crippen LogP contribution in [0.4, 0.5) is 5.69 Å². The van der Waals surface area contributed by atoms with Gasteiger partial charge in [0.25, 0.3) is 11.6 Å². The molecule has 1 fully saturated rings. The van der Waals surface area contributed by atoms with E-state index >= 15 is 0 Å².